The fraction of sp³-hybridized carbons (Fsp3) is 0.444. The van der Waals surface area contributed by atoms with Gasteiger partial charge in [0.1, 0.15) is 12.3 Å². The van der Waals surface area contributed by atoms with E-state index >= 15 is 0 Å². The molecule has 2 aliphatic rings. The van der Waals surface area contributed by atoms with Crippen molar-refractivity contribution >= 4 is 17.6 Å². The van der Waals surface area contributed by atoms with Gasteiger partial charge in [-0.25, -0.2) is 9.80 Å². The summed E-state index contributed by atoms with van der Waals surface area (Å²) in [5.41, 5.74) is 2.73. The Bertz CT molecular complexity index is 1060. The average Bonchev–Trinajstić information content (AvgIpc) is 3.38. The number of ether oxygens (including phenoxy) is 2. The van der Waals surface area contributed by atoms with Crippen LogP contribution in [0.15, 0.2) is 59.7 Å². The van der Waals surface area contributed by atoms with E-state index in [2.05, 4.69) is 10.2 Å². The Balaban J connectivity index is 1.54. The molecule has 0 radical (unpaired) electrons. The summed E-state index contributed by atoms with van der Waals surface area (Å²) in [6.07, 6.45) is 0.581. The topological polar surface area (TPSA) is 86.7 Å². The van der Waals surface area contributed by atoms with Gasteiger partial charge in [-0.05, 0) is 24.6 Å². The van der Waals surface area contributed by atoms with Gasteiger partial charge in [-0.2, -0.15) is 5.10 Å². The lowest BCUT2D eigenvalue weighted by Gasteiger charge is -2.31. The highest BCUT2D eigenvalue weighted by molar-refractivity contribution is 6.03. The lowest BCUT2D eigenvalue weighted by Crippen LogP contribution is -2.49. The number of methoxy groups -OCH3 is 1. The molecule has 9 nitrogen and oxygen atoms in total. The number of amides is 3. The van der Waals surface area contributed by atoms with Crippen molar-refractivity contribution in [3.05, 3.63) is 65.7 Å². The smallest absolute Gasteiger partial charge is 0.317 e. The summed E-state index contributed by atoms with van der Waals surface area (Å²) in [6, 6.07) is 17.1. The van der Waals surface area contributed by atoms with Crippen LogP contribution in [-0.4, -0.2) is 92.1 Å². The molecule has 9 heteroatoms. The van der Waals surface area contributed by atoms with E-state index in [1.54, 1.807) is 17.0 Å². The van der Waals surface area contributed by atoms with Crippen LogP contribution in [-0.2, 0) is 9.53 Å². The third-order valence-electron chi connectivity index (χ3n) is 6.48. The van der Waals surface area contributed by atoms with Gasteiger partial charge in [0.2, 0.25) is 0 Å². The fourth-order valence-electron chi connectivity index (χ4n) is 4.49. The van der Waals surface area contributed by atoms with Crippen LogP contribution in [0.2, 0.25) is 0 Å². The highest BCUT2D eigenvalue weighted by Crippen LogP contribution is 2.33. The van der Waals surface area contributed by atoms with Crippen LogP contribution >= 0.6 is 0 Å². The van der Waals surface area contributed by atoms with Crippen molar-refractivity contribution in [3.63, 3.8) is 0 Å². The van der Waals surface area contributed by atoms with Crippen LogP contribution in [0.4, 0.5) is 4.79 Å². The van der Waals surface area contributed by atoms with Crippen molar-refractivity contribution in [2.45, 2.75) is 19.4 Å². The summed E-state index contributed by atoms with van der Waals surface area (Å²) in [7, 11) is 1.63. The Kier molecular flexibility index (Phi) is 8.91. The van der Waals surface area contributed by atoms with E-state index in [1.165, 1.54) is 0 Å². The van der Waals surface area contributed by atoms with E-state index in [0.29, 0.717) is 39.3 Å². The van der Waals surface area contributed by atoms with Gasteiger partial charge >= 0.3 is 6.03 Å². The first kappa shape index (κ1) is 25.7. The maximum atomic E-state index is 13.6. The highest BCUT2D eigenvalue weighted by Gasteiger charge is 2.34. The van der Waals surface area contributed by atoms with Crippen molar-refractivity contribution in [2.75, 3.05) is 59.6 Å². The number of benzene rings is 2. The summed E-state index contributed by atoms with van der Waals surface area (Å²) in [6.45, 7) is 6.49. The van der Waals surface area contributed by atoms with Gasteiger partial charge in [0, 0.05) is 44.7 Å². The zero-order valence-electron chi connectivity index (χ0n) is 21.1. The lowest BCUT2D eigenvalue weighted by atomic mass is 9.98. The molecule has 2 aromatic rings. The minimum Gasteiger partial charge on any atom is -0.497 e. The number of rotatable bonds is 9. The average molecular weight is 494 g/mol. The van der Waals surface area contributed by atoms with Gasteiger partial charge in [-0.15, -0.1) is 0 Å². The van der Waals surface area contributed by atoms with Gasteiger partial charge in [-0.1, -0.05) is 42.5 Å². The lowest BCUT2D eigenvalue weighted by molar-refractivity contribution is -0.133. The maximum Gasteiger partial charge on any atom is 0.317 e. The summed E-state index contributed by atoms with van der Waals surface area (Å²) in [5.74, 6) is 0.525. The molecule has 1 fully saturated rings. The Labute approximate surface area is 212 Å². The molecule has 1 atom stereocenters. The number of morpholine rings is 1. The van der Waals surface area contributed by atoms with Crippen LogP contribution in [0.5, 0.6) is 5.75 Å². The number of hydrogen-bond donors (Lipinski definition) is 1. The van der Waals surface area contributed by atoms with Gasteiger partial charge in [-0.3, -0.25) is 9.69 Å². The molecule has 3 amide bonds. The van der Waals surface area contributed by atoms with Crippen molar-refractivity contribution in [1.82, 2.24) is 20.1 Å². The number of carbonyl (C=O) groups is 2. The SMILES string of the molecule is CCNC(=O)N(CCN1CCOCC1)CC(=O)N1N=C(c2cccc(OC)c2)C[C@@H]1c1ccccc1. The van der Waals surface area contributed by atoms with E-state index < -0.39 is 0 Å². The molecule has 0 aromatic heterocycles. The molecular weight excluding hydrogens is 458 g/mol. The third kappa shape index (κ3) is 6.41. The first-order valence-corrected chi connectivity index (χ1v) is 12.5. The second-order valence-corrected chi connectivity index (χ2v) is 8.86. The molecule has 0 saturated carbocycles. The summed E-state index contributed by atoms with van der Waals surface area (Å²) in [4.78, 5) is 30.3. The quantitative estimate of drug-likeness (QED) is 0.581. The highest BCUT2D eigenvalue weighted by atomic mass is 16.5. The largest absolute Gasteiger partial charge is 0.497 e. The molecule has 1 N–H and O–H groups in total. The van der Waals surface area contributed by atoms with Crippen LogP contribution in [0, 0.1) is 0 Å². The Morgan fingerprint density at radius 3 is 2.64 bits per heavy atom. The molecule has 36 heavy (non-hydrogen) atoms. The summed E-state index contributed by atoms with van der Waals surface area (Å²) < 4.78 is 10.8. The fourth-order valence-corrected chi connectivity index (χ4v) is 4.49. The van der Waals surface area contributed by atoms with Crippen molar-refractivity contribution in [3.8, 4) is 5.75 Å². The second-order valence-electron chi connectivity index (χ2n) is 8.86. The van der Waals surface area contributed by atoms with Crippen molar-refractivity contribution in [2.24, 2.45) is 5.10 Å². The standard InChI is InChI=1S/C27H35N5O4/c1-3-28-27(34)31(13-12-30-14-16-36-17-15-30)20-26(33)32-25(21-8-5-4-6-9-21)19-24(29-32)22-10-7-11-23(18-22)35-2/h4-11,18,25H,3,12-17,19-20H2,1-2H3,(H,28,34)/t25-/m1/s1. The molecule has 2 aliphatic heterocycles. The van der Waals surface area contributed by atoms with Crippen LogP contribution in [0.3, 0.4) is 0 Å². The first-order chi connectivity index (χ1) is 17.6. The predicted octanol–water partition coefficient (Wildman–Crippen LogP) is 2.74. The Hall–Kier alpha value is -3.43. The molecule has 4 rings (SSSR count). The number of urea groups is 1. The molecule has 1 saturated heterocycles. The monoisotopic (exact) mass is 493 g/mol. The zero-order valence-corrected chi connectivity index (χ0v) is 21.1. The van der Waals surface area contributed by atoms with E-state index in [-0.39, 0.29) is 24.5 Å². The molecular formula is C27H35N5O4. The van der Waals surface area contributed by atoms with E-state index in [1.807, 2.05) is 61.5 Å². The first-order valence-electron chi connectivity index (χ1n) is 12.5. The van der Waals surface area contributed by atoms with Crippen LogP contribution < -0.4 is 10.1 Å². The molecule has 0 unspecified atom stereocenters. The number of nitrogens with zero attached hydrogens (tertiary/aromatic N) is 4. The third-order valence-corrected chi connectivity index (χ3v) is 6.48. The van der Waals surface area contributed by atoms with Crippen molar-refractivity contribution < 1.29 is 19.1 Å². The molecule has 2 heterocycles. The zero-order chi connectivity index (χ0) is 25.3. The van der Waals surface area contributed by atoms with Crippen molar-refractivity contribution in [1.29, 1.82) is 0 Å². The molecule has 0 bridgehead atoms. The predicted molar refractivity (Wildman–Crippen MR) is 138 cm³/mol. The summed E-state index contributed by atoms with van der Waals surface area (Å²) >= 11 is 0. The van der Waals surface area contributed by atoms with Crippen LogP contribution in [0.25, 0.3) is 0 Å². The normalized spacial score (nSPS) is 18.0. The second kappa shape index (κ2) is 12.5. The minimum atomic E-state index is -0.244. The van der Waals surface area contributed by atoms with Gasteiger partial charge in [0.05, 0.1) is 32.1 Å². The van der Waals surface area contributed by atoms with Gasteiger partial charge in [0.25, 0.3) is 5.91 Å². The molecule has 2 aromatic carbocycles. The maximum absolute atomic E-state index is 13.6. The minimum absolute atomic E-state index is 0.0472. The molecule has 192 valence electrons. The van der Waals surface area contributed by atoms with E-state index in [4.69, 9.17) is 14.6 Å². The Morgan fingerprint density at radius 2 is 1.92 bits per heavy atom. The number of hydrogen-bond acceptors (Lipinski definition) is 6. The number of carbonyl (C=O) groups excluding carboxylic acids is 2. The number of hydrazone groups is 1. The van der Waals surface area contributed by atoms with Crippen LogP contribution in [0.1, 0.15) is 30.5 Å². The van der Waals surface area contributed by atoms with Gasteiger partial charge in [0.15, 0.2) is 0 Å². The Morgan fingerprint density at radius 1 is 1.14 bits per heavy atom. The molecule has 0 aliphatic carbocycles. The summed E-state index contributed by atoms with van der Waals surface area (Å²) in [5, 5.41) is 9.15. The van der Waals surface area contributed by atoms with E-state index in [0.717, 1.165) is 35.7 Å². The molecule has 0 spiro atoms. The van der Waals surface area contributed by atoms with E-state index in [9.17, 15) is 9.59 Å². The van der Waals surface area contributed by atoms with Gasteiger partial charge < -0.3 is 19.7 Å². The number of nitrogens with one attached hydrogen (secondary N) is 1.